The number of fused-ring (bicyclic) bond motifs is 1. The average Bonchev–Trinajstić information content (AvgIpc) is 3.05. The van der Waals surface area contributed by atoms with Gasteiger partial charge in [0.1, 0.15) is 17.4 Å². The number of aromatic amines is 1. The Bertz CT molecular complexity index is 935. The third-order valence-electron chi connectivity index (χ3n) is 3.99. The van der Waals surface area contributed by atoms with Crippen LogP contribution in [0.15, 0.2) is 30.3 Å². The fourth-order valence-corrected chi connectivity index (χ4v) is 2.83. The number of amides is 1. The van der Waals surface area contributed by atoms with Gasteiger partial charge in [0.15, 0.2) is 0 Å². The van der Waals surface area contributed by atoms with Crippen LogP contribution in [0.1, 0.15) is 23.7 Å². The summed E-state index contributed by atoms with van der Waals surface area (Å²) in [4.78, 5) is 19.8. The molecule has 1 heterocycles. The zero-order valence-electron chi connectivity index (χ0n) is 14.8. The van der Waals surface area contributed by atoms with E-state index in [4.69, 9.17) is 22.1 Å². The highest BCUT2D eigenvalue weighted by molar-refractivity contribution is 6.31. The molecule has 1 amide bonds. The number of carbonyl (C=O) groups is 1. The molecule has 4 N–H and O–H groups in total. The third-order valence-corrected chi connectivity index (χ3v) is 4.28. The first-order valence-electron chi connectivity index (χ1n) is 8.63. The Morgan fingerprint density at radius 3 is 2.93 bits per heavy atom. The quantitative estimate of drug-likeness (QED) is 0.538. The zero-order chi connectivity index (χ0) is 19.4. The van der Waals surface area contributed by atoms with Crippen molar-refractivity contribution in [2.24, 2.45) is 5.73 Å². The Morgan fingerprint density at radius 2 is 2.19 bits per heavy atom. The van der Waals surface area contributed by atoms with E-state index in [1.165, 1.54) is 12.1 Å². The third kappa shape index (κ3) is 4.20. The number of imidazole rings is 1. The number of hydrogen-bond acceptors (Lipinski definition) is 4. The van der Waals surface area contributed by atoms with Gasteiger partial charge in [0.05, 0.1) is 28.2 Å². The van der Waals surface area contributed by atoms with Gasteiger partial charge in [-0.05, 0) is 44.2 Å². The molecule has 0 bridgehead atoms. The average molecular weight is 391 g/mol. The standard InChI is InChI=1S/C19H20ClFN4O2/c1-2-27-17-8-11(19(26)23-7-3-6-22)4-5-12(17)18-24-15-9-13(20)14(21)10-16(15)25-18/h4-5,8-10H,2-3,6-7,22H2,1H3,(H,23,26)(H,24,25). The van der Waals surface area contributed by atoms with Gasteiger partial charge in [-0.3, -0.25) is 4.79 Å². The summed E-state index contributed by atoms with van der Waals surface area (Å²) in [5.74, 6) is 0.295. The molecule has 27 heavy (non-hydrogen) atoms. The monoisotopic (exact) mass is 390 g/mol. The van der Waals surface area contributed by atoms with E-state index < -0.39 is 5.82 Å². The summed E-state index contributed by atoms with van der Waals surface area (Å²) < 4.78 is 19.4. The van der Waals surface area contributed by atoms with E-state index in [9.17, 15) is 9.18 Å². The first-order chi connectivity index (χ1) is 13.0. The topological polar surface area (TPSA) is 93.0 Å². The Balaban J connectivity index is 1.96. The van der Waals surface area contributed by atoms with Gasteiger partial charge >= 0.3 is 0 Å². The Kier molecular flexibility index (Phi) is 5.93. The van der Waals surface area contributed by atoms with Crippen LogP contribution in [0, 0.1) is 5.82 Å². The van der Waals surface area contributed by atoms with Gasteiger partial charge in [0.2, 0.25) is 0 Å². The second-order valence-electron chi connectivity index (χ2n) is 5.91. The maximum atomic E-state index is 13.7. The molecule has 0 unspecified atom stereocenters. The van der Waals surface area contributed by atoms with Gasteiger partial charge in [-0.2, -0.15) is 0 Å². The molecule has 6 nitrogen and oxygen atoms in total. The van der Waals surface area contributed by atoms with Crippen LogP contribution >= 0.6 is 11.6 Å². The SMILES string of the molecule is CCOc1cc(C(=O)NCCCN)ccc1-c1nc2cc(Cl)c(F)cc2[nH]1. The number of nitrogens with zero attached hydrogens (tertiary/aromatic N) is 1. The van der Waals surface area contributed by atoms with E-state index >= 15 is 0 Å². The minimum absolute atomic E-state index is 0.00933. The van der Waals surface area contributed by atoms with Gasteiger partial charge in [-0.15, -0.1) is 0 Å². The number of ether oxygens (including phenoxy) is 1. The molecule has 0 spiro atoms. The van der Waals surface area contributed by atoms with Crippen molar-refractivity contribution in [1.29, 1.82) is 0 Å². The highest BCUT2D eigenvalue weighted by atomic mass is 35.5. The second kappa shape index (κ2) is 8.37. The lowest BCUT2D eigenvalue weighted by molar-refractivity contribution is 0.0953. The number of benzene rings is 2. The molecule has 2 aromatic carbocycles. The van der Waals surface area contributed by atoms with E-state index in [2.05, 4.69) is 15.3 Å². The number of aromatic nitrogens is 2. The molecule has 0 aliphatic rings. The smallest absolute Gasteiger partial charge is 0.251 e. The van der Waals surface area contributed by atoms with E-state index in [1.807, 2.05) is 6.92 Å². The molecule has 8 heteroatoms. The van der Waals surface area contributed by atoms with Crippen LogP contribution in [0.4, 0.5) is 4.39 Å². The van der Waals surface area contributed by atoms with Crippen molar-refractivity contribution in [3.05, 3.63) is 46.7 Å². The largest absolute Gasteiger partial charge is 0.493 e. The molecule has 0 saturated heterocycles. The molecule has 0 aliphatic carbocycles. The summed E-state index contributed by atoms with van der Waals surface area (Å²) in [6.07, 6.45) is 0.709. The Labute approximate surface area is 160 Å². The predicted molar refractivity (Wildman–Crippen MR) is 104 cm³/mol. The minimum Gasteiger partial charge on any atom is -0.493 e. The molecule has 1 aromatic heterocycles. The number of nitrogens with one attached hydrogen (secondary N) is 2. The van der Waals surface area contributed by atoms with Crippen molar-refractivity contribution in [2.45, 2.75) is 13.3 Å². The van der Waals surface area contributed by atoms with Crippen molar-refractivity contribution in [1.82, 2.24) is 15.3 Å². The molecular weight excluding hydrogens is 371 g/mol. The maximum Gasteiger partial charge on any atom is 0.251 e. The van der Waals surface area contributed by atoms with E-state index in [0.717, 1.165) is 0 Å². The van der Waals surface area contributed by atoms with Gasteiger partial charge < -0.3 is 20.8 Å². The van der Waals surface area contributed by atoms with Gasteiger partial charge in [-0.25, -0.2) is 9.37 Å². The lowest BCUT2D eigenvalue weighted by Crippen LogP contribution is -2.25. The summed E-state index contributed by atoms with van der Waals surface area (Å²) in [5.41, 5.74) is 7.65. The van der Waals surface area contributed by atoms with Crippen molar-refractivity contribution in [3.63, 3.8) is 0 Å². The van der Waals surface area contributed by atoms with Crippen LogP contribution in [0.5, 0.6) is 5.75 Å². The molecule has 142 valence electrons. The molecule has 0 atom stereocenters. The number of carbonyl (C=O) groups excluding carboxylic acids is 1. The molecule has 0 fully saturated rings. The first-order valence-corrected chi connectivity index (χ1v) is 9.01. The van der Waals surface area contributed by atoms with Crippen LogP contribution in [-0.4, -0.2) is 35.6 Å². The van der Waals surface area contributed by atoms with Crippen molar-refractivity contribution >= 4 is 28.5 Å². The summed E-state index contributed by atoms with van der Waals surface area (Å²) in [5, 5.41) is 2.82. The van der Waals surface area contributed by atoms with E-state index in [0.29, 0.717) is 59.9 Å². The minimum atomic E-state index is -0.520. The molecule has 3 rings (SSSR count). The van der Waals surface area contributed by atoms with Gasteiger partial charge in [-0.1, -0.05) is 11.6 Å². The Hall–Kier alpha value is -2.64. The first kappa shape index (κ1) is 19.1. The number of halogens is 2. The highest BCUT2D eigenvalue weighted by Gasteiger charge is 2.15. The maximum absolute atomic E-state index is 13.7. The molecule has 3 aromatic rings. The summed E-state index contributed by atoms with van der Waals surface area (Å²) in [7, 11) is 0. The van der Waals surface area contributed by atoms with Crippen LogP contribution in [0.25, 0.3) is 22.4 Å². The highest BCUT2D eigenvalue weighted by Crippen LogP contribution is 2.32. The van der Waals surface area contributed by atoms with E-state index in [-0.39, 0.29) is 10.9 Å². The number of hydrogen-bond donors (Lipinski definition) is 3. The zero-order valence-corrected chi connectivity index (χ0v) is 15.6. The number of rotatable bonds is 7. The summed E-state index contributed by atoms with van der Waals surface area (Å²) >= 11 is 5.83. The second-order valence-corrected chi connectivity index (χ2v) is 6.32. The van der Waals surface area contributed by atoms with Crippen LogP contribution < -0.4 is 15.8 Å². The molecule has 0 aliphatic heterocycles. The molecular formula is C19H20ClFN4O2. The van der Waals surface area contributed by atoms with E-state index in [1.54, 1.807) is 18.2 Å². The Morgan fingerprint density at radius 1 is 1.37 bits per heavy atom. The molecule has 0 radical (unpaired) electrons. The lowest BCUT2D eigenvalue weighted by atomic mass is 10.1. The predicted octanol–water partition coefficient (Wildman–Crippen LogP) is 3.50. The number of nitrogens with two attached hydrogens (primary N) is 1. The van der Waals surface area contributed by atoms with Crippen LogP contribution in [0.2, 0.25) is 5.02 Å². The van der Waals surface area contributed by atoms with Crippen LogP contribution in [-0.2, 0) is 0 Å². The van der Waals surface area contributed by atoms with Crippen molar-refractivity contribution in [2.75, 3.05) is 19.7 Å². The number of H-pyrrole nitrogens is 1. The van der Waals surface area contributed by atoms with Crippen LogP contribution in [0.3, 0.4) is 0 Å². The van der Waals surface area contributed by atoms with Crippen molar-refractivity contribution in [3.8, 4) is 17.1 Å². The summed E-state index contributed by atoms with van der Waals surface area (Å²) in [6, 6.07) is 7.87. The van der Waals surface area contributed by atoms with Crippen molar-refractivity contribution < 1.29 is 13.9 Å². The lowest BCUT2D eigenvalue weighted by Gasteiger charge is -2.11. The fraction of sp³-hybridized carbons (Fsp3) is 0.263. The van der Waals surface area contributed by atoms with Gasteiger partial charge in [0, 0.05) is 18.2 Å². The fourth-order valence-electron chi connectivity index (χ4n) is 2.67. The molecule has 0 saturated carbocycles. The normalized spacial score (nSPS) is 11.0. The van der Waals surface area contributed by atoms with Gasteiger partial charge in [0.25, 0.3) is 5.91 Å². The summed E-state index contributed by atoms with van der Waals surface area (Å²) in [6.45, 7) is 3.30.